The van der Waals surface area contributed by atoms with Gasteiger partial charge in [-0.05, 0) is 0 Å². The van der Waals surface area contributed by atoms with E-state index in [-0.39, 0.29) is 75.0 Å². The van der Waals surface area contributed by atoms with Crippen LogP contribution >= 0.6 is 0 Å². The van der Waals surface area contributed by atoms with E-state index in [1.807, 2.05) is 0 Å². The minimum absolute atomic E-state index is 0. The molecule has 0 heterocycles. The molecule has 0 bridgehead atoms. The van der Waals surface area contributed by atoms with Crippen LogP contribution in [0.5, 0.6) is 0 Å². The van der Waals surface area contributed by atoms with Gasteiger partial charge in [-0.25, -0.2) is 0 Å². The van der Waals surface area contributed by atoms with E-state index in [4.69, 9.17) is 0 Å². The van der Waals surface area contributed by atoms with Crippen molar-refractivity contribution in [2.24, 2.45) is 0 Å². The first kappa shape index (κ1) is 68.3. The Morgan fingerprint density at radius 1 is 0.600 bits per heavy atom. The van der Waals surface area contributed by atoms with E-state index in [1.165, 1.54) is 0 Å². The molecule has 0 amide bonds. The second-order valence-corrected chi connectivity index (χ2v) is 0. The zero-order chi connectivity index (χ0) is 0. The van der Waals surface area contributed by atoms with Crippen molar-refractivity contribution in [2.45, 2.75) is 0 Å². The second kappa shape index (κ2) is 40.1. The van der Waals surface area contributed by atoms with Gasteiger partial charge in [-0.15, -0.1) is 0 Å². The van der Waals surface area contributed by atoms with Crippen molar-refractivity contribution >= 4 is 0 Å². The molecule has 0 aromatic carbocycles. The molecule has 0 N–H and O–H groups in total. The van der Waals surface area contributed by atoms with E-state index in [0.29, 0.717) is 0 Å². The first-order valence-corrected chi connectivity index (χ1v) is 0. The second-order valence-electron chi connectivity index (χ2n) is 0. The molecule has 3 nitrogen and oxygen atoms in total. The minimum Gasteiger partial charge on any atom is -2.00 e. The molecular formula is O3ScY. The summed E-state index contributed by atoms with van der Waals surface area (Å²) >= 11 is 0. The van der Waals surface area contributed by atoms with Crippen LogP contribution in [0.15, 0.2) is 0 Å². The Hall–Kier alpha value is 1.85. The summed E-state index contributed by atoms with van der Waals surface area (Å²) in [6.45, 7) is 0. The Bertz CT molecular complexity index is 6.85. The molecule has 0 aliphatic carbocycles. The van der Waals surface area contributed by atoms with Crippen molar-refractivity contribution < 1.29 is 75.0 Å². The molecule has 5 heteroatoms. The number of rotatable bonds is 0. The average molecular weight is 182 g/mol. The largest absolute Gasteiger partial charge is 3.00 e. The standard InChI is InChI=1S/3O.Sc.Y/q3*-2;2*+3. The predicted octanol–water partition coefficient (Wildman–Crippen LogP) is -0.361. The van der Waals surface area contributed by atoms with Crippen molar-refractivity contribution in [1.29, 1.82) is 0 Å². The first-order chi connectivity index (χ1) is 0. The van der Waals surface area contributed by atoms with Crippen molar-refractivity contribution in [1.82, 2.24) is 0 Å². The molecule has 24 valence electrons. The quantitative estimate of drug-likeness (QED) is 0.489. The van der Waals surface area contributed by atoms with Crippen LogP contribution in [0.2, 0.25) is 0 Å². The van der Waals surface area contributed by atoms with Gasteiger partial charge in [0.15, 0.2) is 0 Å². The molecule has 0 unspecified atom stereocenters. The summed E-state index contributed by atoms with van der Waals surface area (Å²) in [6.07, 6.45) is 0. The van der Waals surface area contributed by atoms with Gasteiger partial charge in [0.25, 0.3) is 0 Å². The molecule has 0 saturated heterocycles. The third-order valence-electron chi connectivity index (χ3n) is 0. The molecule has 0 radical (unpaired) electrons. The van der Waals surface area contributed by atoms with E-state index < -0.39 is 0 Å². The summed E-state index contributed by atoms with van der Waals surface area (Å²) in [5.41, 5.74) is 0. The van der Waals surface area contributed by atoms with Crippen LogP contribution in [0, 0.1) is 0 Å². The topological polar surface area (TPSA) is 85.5 Å². The van der Waals surface area contributed by atoms with Crippen molar-refractivity contribution in [3.05, 3.63) is 0 Å². The van der Waals surface area contributed by atoms with Gasteiger partial charge >= 0.3 is 58.6 Å². The van der Waals surface area contributed by atoms with Crippen molar-refractivity contribution in [3.63, 3.8) is 0 Å². The summed E-state index contributed by atoms with van der Waals surface area (Å²) in [6, 6.07) is 0. The fraction of sp³-hybridized carbons (Fsp3) is 0. The van der Waals surface area contributed by atoms with Gasteiger partial charge < -0.3 is 16.4 Å². The van der Waals surface area contributed by atoms with E-state index >= 15 is 0 Å². The molecule has 0 rings (SSSR count). The fourth-order valence-electron chi connectivity index (χ4n) is 0. The molecule has 0 aliphatic rings. The molecule has 5 heavy (non-hydrogen) atoms. The van der Waals surface area contributed by atoms with Crippen LogP contribution in [0.4, 0.5) is 0 Å². The monoisotopic (exact) mass is 182 g/mol. The summed E-state index contributed by atoms with van der Waals surface area (Å²) in [7, 11) is 0. The first-order valence-electron chi connectivity index (χ1n) is 0. The average Bonchev–Trinajstić information content (AvgIpc) is 0. The molecule has 0 aromatic heterocycles. The van der Waals surface area contributed by atoms with Gasteiger partial charge in [0, 0.05) is 0 Å². The van der Waals surface area contributed by atoms with Crippen LogP contribution < -0.4 is 0 Å². The third-order valence-corrected chi connectivity index (χ3v) is 0. The van der Waals surface area contributed by atoms with E-state index in [9.17, 15) is 0 Å². The van der Waals surface area contributed by atoms with Crippen LogP contribution in [0.3, 0.4) is 0 Å². The normalized spacial score (nSPS) is 0. The van der Waals surface area contributed by atoms with Crippen molar-refractivity contribution in [3.8, 4) is 0 Å². The maximum absolute atomic E-state index is 0. The van der Waals surface area contributed by atoms with Gasteiger partial charge in [0.1, 0.15) is 0 Å². The Morgan fingerprint density at radius 3 is 0.600 bits per heavy atom. The molecule has 0 spiro atoms. The number of hydrogen-bond donors (Lipinski definition) is 0. The van der Waals surface area contributed by atoms with E-state index in [2.05, 4.69) is 0 Å². The molecule has 0 aliphatic heterocycles. The molecular weight excluding hydrogens is 182 g/mol. The Balaban J connectivity index is 0. The summed E-state index contributed by atoms with van der Waals surface area (Å²) in [4.78, 5) is 0. The Kier molecular flexibility index (Phi) is 548. The van der Waals surface area contributed by atoms with Gasteiger partial charge in [0.2, 0.25) is 0 Å². The maximum Gasteiger partial charge on any atom is 3.00 e. The number of hydrogen-bond acceptors (Lipinski definition) is 0. The SMILES string of the molecule is [O-2].[O-2].[O-2].[Sc+3].[Y+3]. The molecule has 0 fully saturated rings. The predicted molar refractivity (Wildman–Crippen MR) is 2.06 cm³/mol. The molecule has 0 atom stereocenters. The van der Waals surface area contributed by atoms with Crippen LogP contribution in [-0.4, -0.2) is 0 Å². The Morgan fingerprint density at radius 2 is 0.600 bits per heavy atom. The van der Waals surface area contributed by atoms with Crippen LogP contribution in [0.1, 0.15) is 0 Å². The molecule has 0 saturated carbocycles. The van der Waals surface area contributed by atoms with Gasteiger partial charge in [-0.1, -0.05) is 0 Å². The summed E-state index contributed by atoms with van der Waals surface area (Å²) in [5, 5.41) is 0. The maximum atomic E-state index is 0. The zero-order valence-corrected chi connectivity index (χ0v) is 7.02. The van der Waals surface area contributed by atoms with Crippen LogP contribution in [0.25, 0.3) is 0 Å². The van der Waals surface area contributed by atoms with E-state index in [0.717, 1.165) is 0 Å². The van der Waals surface area contributed by atoms with Crippen LogP contribution in [-0.2, 0) is 75.0 Å². The summed E-state index contributed by atoms with van der Waals surface area (Å²) < 4.78 is 0. The third kappa shape index (κ3) is 25.3. The van der Waals surface area contributed by atoms with Gasteiger partial charge in [0.05, 0.1) is 0 Å². The Labute approximate surface area is 74.1 Å². The van der Waals surface area contributed by atoms with Gasteiger partial charge in [-0.2, -0.15) is 0 Å². The fourth-order valence-corrected chi connectivity index (χ4v) is 0. The zero-order valence-electron chi connectivity index (χ0n) is 2.38. The van der Waals surface area contributed by atoms with Crippen molar-refractivity contribution in [2.75, 3.05) is 0 Å². The minimum atomic E-state index is 0. The molecule has 0 aromatic rings. The van der Waals surface area contributed by atoms with Gasteiger partial charge in [-0.3, -0.25) is 0 Å². The summed E-state index contributed by atoms with van der Waals surface area (Å²) in [5.74, 6) is 0. The smallest absolute Gasteiger partial charge is 2.00 e. The van der Waals surface area contributed by atoms with E-state index in [1.54, 1.807) is 0 Å².